The third kappa shape index (κ3) is 4.07. The summed E-state index contributed by atoms with van der Waals surface area (Å²) in [5.41, 5.74) is 5.40. The molecule has 0 atom stereocenters. The Balaban J connectivity index is 0.00000200. The summed E-state index contributed by atoms with van der Waals surface area (Å²) in [7, 11) is -3.11. The zero-order chi connectivity index (χ0) is 14.1. The number of nitrogens with one attached hydrogen (secondary N) is 1. The number of hydrogen-bond donors (Lipinski definition) is 2. The fourth-order valence-electron chi connectivity index (χ4n) is 2.89. The molecule has 1 heterocycles. The van der Waals surface area contributed by atoms with E-state index in [0.29, 0.717) is 25.9 Å². The summed E-state index contributed by atoms with van der Waals surface area (Å²) in [5, 5.41) is 2.99. The number of hydrogen-bond acceptors (Lipinski definition) is 4. The molecule has 0 aromatic heterocycles. The topological polar surface area (TPSA) is 92.5 Å². The number of sulfonamides is 1. The van der Waals surface area contributed by atoms with E-state index in [0.717, 1.165) is 25.7 Å². The molecular weight excluding hydrogens is 302 g/mol. The van der Waals surface area contributed by atoms with Gasteiger partial charge in [-0.3, -0.25) is 4.79 Å². The Hall–Kier alpha value is -0.370. The van der Waals surface area contributed by atoms with Crippen LogP contribution in [0, 0.1) is 0 Å². The summed E-state index contributed by atoms with van der Waals surface area (Å²) in [6, 6.07) is 0.0477. The standard InChI is InChI=1S/C12H23N3O3S.ClH/c1-19(17,18)15-8-4-10(5-9-15)14-11(16)12(13)6-2-3-7-12;/h10H,2-9,13H2,1H3,(H,14,16);1H. The molecule has 1 aliphatic heterocycles. The van der Waals surface area contributed by atoms with Crippen LogP contribution in [0.25, 0.3) is 0 Å². The zero-order valence-corrected chi connectivity index (χ0v) is 13.4. The maximum atomic E-state index is 12.1. The number of halogens is 1. The van der Waals surface area contributed by atoms with Gasteiger partial charge in [-0.2, -0.15) is 0 Å². The Labute approximate surface area is 126 Å². The first-order chi connectivity index (χ1) is 8.81. The number of rotatable bonds is 3. The highest BCUT2D eigenvalue weighted by Crippen LogP contribution is 2.27. The van der Waals surface area contributed by atoms with E-state index in [2.05, 4.69) is 5.32 Å². The normalized spacial score (nSPS) is 24.1. The van der Waals surface area contributed by atoms with Crippen molar-refractivity contribution in [1.82, 2.24) is 9.62 Å². The molecule has 3 N–H and O–H groups in total. The van der Waals surface area contributed by atoms with Crippen LogP contribution in [0.5, 0.6) is 0 Å². The summed E-state index contributed by atoms with van der Waals surface area (Å²) in [5.74, 6) is -0.0668. The number of nitrogens with zero attached hydrogens (tertiary/aromatic N) is 1. The largest absolute Gasteiger partial charge is 0.352 e. The lowest BCUT2D eigenvalue weighted by molar-refractivity contribution is -0.127. The second-order valence-corrected chi connectivity index (χ2v) is 7.76. The monoisotopic (exact) mass is 325 g/mol. The number of carbonyl (C=O) groups excluding carboxylic acids is 1. The van der Waals surface area contributed by atoms with Gasteiger partial charge in [-0.1, -0.05) is 12.8 Å². The fourth-order valence-corrected chi connectivity index (χ4v) is 3.77. The first kappa shape index (κ1) is 17.7. The first-order valence-corrected chi connectivity index (χ1v) is 8.71. The van der Waals surface area contributed by atoms with Crippen molar-refractivity contribution in [3.05, 3.63) is 0 Å². The van der Waals surface area contributed by atoms with Crippen LogP contribution in [-0.4, -0.2) is 49.6 Å². The van der Waals surface area contributed by atoms with Crippen molar-refractivity contribution < 1.29 is 13.2 Å². The van der Waals surface area contributed by atoms with Crippen LogP contribution in [-0.2, 0) is 14.8 Å². The molecule has 0 spiro atoms. The minimum absolute atomic E-state index is 0. The van der Waals surface area contributed by atoms with Crippen molar-refractivity contribution in [1.29, 1.82) is 0 Å². The molecule has 2 rings (SSSR count). The highest BCUT2D eigenvalue weighted by Gasteiger charge is 2.38. The van der Waals surface area contributed by atoms with E-state index in [1.165, 1.54) is 10.6 Å². The third-order valence-electron chi connectivity index (χ3n) is 4.21. The Morgan fingerprint density at radius 2 is 1.75 bits per heavy atom. The molecule has 2 fully saturated rings. The van der Waals surface area contributed by atoms with E-state index in [4.69, 9.17) is 5.73 Å². The average Bonchev–Trinajstić information content (AvgIpc) is 2.77. The van der Waals surface area contributed by atoms with Crippen LogP contribution in [0.2, 0.25) is 0 Å². The lowest BCUT2D eigenvalue weighted by atomic mass is 9.96. The molecular formula is C12H24ClN3O3S. The number of nitrogens with two attached hydrogens (primary N) is 1. The van der Waals surface area contributed by atoms with Crippen LogP contribution in [0.3, 0.4) is 0 Å². The molecule has 6 nitrogen and oxygen atoms in total. The summed E-state index contributed by atoms with van der Waals surface area (Å²) in [6.45, 7) is 0.947. The maximum Gasteiger partial charge on any atom is 0.240 e. The van der Waals surface area contributed by atoms with Crippen LogP contribution >= 0.6 is 12.4 Å². The van der Waals surface area contributed by atoms with Gasteiger partial charge in [-0.15, -0.1) is 12.4 Å². The van der Waals surface area contributed by atoms with Gasteiger partial charge in [0.1, 0.15) is 0 Å². The van der Waals surface area contributed by atoms with Crippen LogP contribution in [0.1, 0.15) is 38.5 Å². The van der Waals surface area contributed by atoms with E-state index >= 15 is 0 Å². The highest BCUT2D eigenvalue weighted by atomic mass is 35.5. The molecule has 8 heteroatoms. The molecule has 2 aliphatic rings. The maximum absolute atomic E-state index is 12.1. The predicted octanol–water partition coefficient (Wildman–Crippen LogP) is 0.220. The van der Waals surface area contributed by atoms with Crippen molar-refractivity contribution >= 4 is 28.3 Å². The van der Waals surface area contributed by atoms with E-state index in [9.17, 15) is 13.2 Å². The van der Waals surface area contributed by atoms with Crippen LogP contribution in [0.4, 0.5) is 0 Å². The molecule has 0 bridgehead atoms. The highest BCUT2D eigenvalue weighted by molar-refractivity contribution is 7.88. The van der Waals surface area contributed by atoms with Gasteiger partial charge in [0.05, 0.1) is 11.8 Å². The number of piperidine rings is 1. The number of amides is 1. The molecule has 1 saturated heterocycles. The summed E-state index contributed by atoms with van der Waals surface area (Å²) in [6.07, 6.45) is 6.07. The minimum atomic E-state index is -3.11. The van der Waals surface area contributed by atoms with E-state index in [-0.39, 0.29) is 24.4 Å². The van der Waals surface area contributed by atoms with Gasteiger partial charge in [0.2, 0.25) is 15.9 Å². The summed E-state index contributed by atoms with van der Waals surface area (Å²) < 4.78 is 24.2. The average molecular weight is 326 g/mol. The molecule has 0 radical (unpaired) electrons. The van der Waals surface area contributed by atoms with Crippen molar-refractivity contribution in [2.75, 3.05) is 19.3 Å². The third-order valence-corrected chi connectivity index (χ3v) is 5.51. The second kappa shape index (κ2) is 6.60. The molecule has 0 aromatic carbocycles. The fraction of sp³-hybridized carbons (Fsp3) is 0.917. The van der Waals surface area contributed by atoms with Gasteiger partial charge in [-0.05, 0) is 25.7 Å². The van der Waals surface area contributed by atoms with E-state index in [1.807, 2.05) is 0 Å². The van der Waals surface area contributed by atoms with Gasteiger partial charge in [-0.25, -0.2) is 12.7 Å². The molecule has 20 heavy (non-hydrogen) atoms. The summed E-state index contributed by atoms with van der Waals surface area (Å²) in [4.78, 5) is 12.1. The van der Waals surface area contributed by atoms with Crippen molar-refractivity contribution in [2.45, 2.75) is 50.1 Å². The molecule has 1 amide bonds. The minimum Gasteiger partial charge on any atom is -0.352 e. The predicted molar refractivity (Wildman–Crippen MR) is 80.2 cm³/mol. The van der Waals surface area contributed by atoms with Gasteiger partial charge >= 0.3 is 0 Å². The number of carbonyl (C=O) groups is 1. The smallest absolute Gasteiger partial charge is 0.240 e. The van der Waals surface area contributed by atoms with E-state index < -0.39 is 15.6 Å². The van der Waals surface area contributed by atoms with Crippen LogP contribution < -0.4 is 11.1 Å². The lowest BCUT2D eigenvalue weighted by Crippen LogP contribution is -2.56. The quantitative estimate of drug-likeness (QED) is 0.776. The first-order valence-electron chi connectivity index (χ1n) is 6.86. The Kier molecular flexibility index (Phi) is 5.83. The Bertz CT molecular complexity index is 441. The van der Waals surface area contributed by atoms with Crippen molar-refractivity contribution in [3.8, 4) is 0 Å². The molecule has 1 saturated carbocycles. The van der Waals surface area contributed by atoms with Gasteiger partial charge in [0.15, 0.2) is 0 Å². The Morgan fingerprint density at radius 1 is 1.25 bits per heavy atom. The second-order valence-electron chi connectivity index (χ2n) is 5.77. The molecule has 1 aliphatic carbocycles. The SMILES string of the molecule is CS(=O)(=O)N1CCC(NC(=O)C2(N)CCCC2)CC1.Cl. The molecule has 118 valence electrons. The van der Waals surface area contributed by atoms with Gasteiger partial charge in [0, 0.05) is 19.1 Å². The molecule has 0 aromatic rings. The van der Waals surface area contributed by atoms with Crippen molar-refractivity contribution in [2.24, 2.45) is 5.73 Å². The van der Waals surface area contributed by atoms with Crippen molar-refractivity contribution in [3.63, 3.8) is 0 Å². The lowest BCUT2D eigenvalue weighted by Gasteiger charge is -2.33. The van der Waals surface area contributed by atoms with E-state index in [1.54, 1.807) is 0 Å². The zero-order valence-electron chi connectivity index (χ0n) is 11.8. The van der Waals surface area contributed by atoms with Gasteiger partial charge in [0.25, 0.3) is 0 Å². The van der Waals surface area contributed by atoms with Gasteiger partial charge < -0.3 is 11.1 Å². The Morgan fingerprint density at radius 3 is 2.20 bits per heavy atom. The summed E-state index contributed by atoms with van der Waals surface area (Å²) >= 11 is 0. The van der Waals surface area contributed by atoms with Crippen LogP contribution in [0.15, 0.2) is 0 Å². The molecule has 0 unspecified atom stereocenters.